The fourth-order valence-electron chi connectivity index (χ4n) is 1.88. The molecule has 1 aromatic carbocycles. The summed E-state index contributed by atoms with van der Waals surface area (Å²) in [4.78, 5) is 14.0. The second-order valence-corrected chi connectivity index (χ2v) is 6.05. The van der Waals surface area contributed by atoms with Crippen molar-refractivity contribution in [3.05, 3.63) is 52.0 Å². The normalized spacial score (nSPS) is 11.5. The van der Waals surface area contributed by atoms with Crippen LogP contribution >= 0.6 is 0 Å². The van der Waals surface area contributed by atoms with E-state index in [9.17, 15) is 18.5 Å². The number of nitrogens with zero attached hydrogens (tertiary/aromatic N) is 3. The molecule has 0 bridgehead atoms. The molecule has 0 saturated heterocycles. The van der Waals surface area contributed by atoms with Crippen molar-refractivity contribution in [2.75, 3.05) is 0 Å². The van der Waals surface area contributed by atoms with Crippen molar-refractivity contribution >= 4 is 15.7 Å². The zero-order valence-corrected chi connectivity index (χ0v) is 12.1. The summed E-state index contributed by atoms with van der Waals surface area (Å²) >= 11 is 0. The highest BCUT2D eigenvalue weighted by atomic mass is 32.2. The van der Waals surface area contributed by atoms with Gasteiger partial charge in [-0.05, 0) is 18.9 Å². The Morgan fingerprint density at radius 2 is 1.95 bits per heavy atom. The van der Waals surface area contributed by atoms with E-state index in [0.29, 0.717) is 18.8 Å². The van der Waals surface area contributed by atoms with Crippen LogP contribution in [0.15, 0.2) is 35.5 Å². The van der Waals surface area contributed by atoms with Crippen LogP contribution in [-0.4, -0.2) is 22.9 Å². The van der Waals surface area contributed by atoms with E-state index in [1.807, 2.05) is 0 Å². The van der Waals surface area contributed by atoms with Crippen molar-refractivity contribution in [2.45, 2.75) is 24.9 Å². The number of nitro groups is 1. The average Bonchev–Trinajstić information content (AvgIpc) is 2.78. The van der Waals surface area contributed by atoms with E-state index < -0.39 is 14.9 Å². The molecule has 0 aliphatic carbocycles. The number of imidazole rings is 1. The van der Waals surface area contributed by atoms with Crippen LogP contribution in [-0.2, 0) is 23.0 Å². The molecule has 0 amide bonds. The number of aromatic nitrogens is 2. The Balaban J connectivity index is 2.09. The Bertz CT molecular complexity index is 765. The lowest BCUT2D eigenvalue weighted by Crippen LogP contribution is -2.12. The van der Waals surface area contributed by atoms with Gasteiger partial charge < -0.3 is 4.57 Å². The molecule has 112 valence electrons. The number of aryl methyl sites for hydroxylation is 3. The maximum absolute atomic E-state index is 11.2. The lowest BCUT2D eigenvalue weighted by Gasteiger charge is -2.04. The topological polar surface area (TPSA) is 121 Å². The molecule has 0 radical (unpaired) electrons. The molecular formula is C12H14N4O4S. The summed E-state index contributed by atoms with van der Waals surface area (Å²) in [7, 11) is -3.81. The fraction of sp³-hybridized carbons (Fsp3) is 0.250. The molecule has 2 N–H and O–H groups in total. The van der Waals surface area contributed by atoms with Crippen molar-refractivity contribution in [3.63, 3.8) is 0 Å². The largest absolute Gasteiger partial charge is 0.333 e. The van der Waals surface area contributed by atoms with Crippen molar-refractivity contribution in [2.24, 2.45) is 5.14 Å². The molecular weight excluding hydrogens is 296 g/mol. The van der Waals surface area contributed by atoms with E-state index in [1.54, 1.807) is 23.6 Å². The van der Waals surface area contributed by atoms with Gasteiger partial charge in [-0.15, -0.1) is 0 Å². The lowest BCUT2D eigenvalue weighted by atomic mass is 10.1. The Morgan fingerprint density at radius 1 is 1.33 bits per heavy atom. The molecule has 8 nitrogen and oxygen atoms in total. The van der Waals surface area contributed by atoms with Crippen LogP contribution in [0.25, 0.3) is 0 Å². The molecule has 0 atom stereocenters. The van der Waals surface area contributed by atoms with E-state index >= 15 is 0 Å². The summed E-state index contributed by atoms with van der Waals surface area (Å²) in [5.41, 5.74) is 0.944. The molecule has 0 aliphatic rings. The third kappa shape index (κ3) is 3.64. The predicted molar refractivity (Wildman–Crippen MR) is 75.1 cm³/mol. The Hall–Kier alpha value is -2.26. The van der Waals surface area contributed by atoms with Gasteiger partial charge >= 0.3 is 0 Å². The zero-order valence-electron chi connectivity index (χ0n) is 11.3. The van der Waals surface area contributed by atoms with Crippen molar-refractivity contribution < 1.29 is 13.3 Å². The number of primary sulfonamides is 1. The van der Waals surface area contributed by atoms with Crippen LogP contribution in [0, 0.1) is 17.0 Å². The summed E-state index contributed by atoms with van der Waals surface area (Å²) in [5.74, 6) is 0.543. The van der Waals surface area contributed by atoms with Gasteiger partial charge in [0.2, 0.25) is 0 Å². The first-order valence-corrected chi connectivity index (χ1v) is 7.62. The Labute approximate surface area is 121 Å². The minimum absolute atomic E-state index is 0.0362. The Kier molecular flexibility index (Phi) is 4.05. The standard InChI is InChI=1S/C12H14N4O4S/c1-9-14-12(21(13,19)20)8-15(9)7-6-10-2-4-11(5-3-10)16(17)18/h2-5,8H,6-7H2,1H3,(H2,13,19,20). The second-order valence-electron chi connectivity index (χ2n) is 4.54. The number of nitrogens with two attached hydrogens (primary N) is 1. The molecule has 0 spiro atoms. The third-order valence-electron chi connectivity index (χ3n) is 3.03. The molecule has 21 heavy (non-hydrogen) atoms. The number of hydrogen-bond donors (Lipinski definition) is 1. The first-order chi connectivity index (χ1) is 9.77. The first kappa shape index (κ1) is 15.1. The van der Waals surface area contributed by atoms with E-state index in [4.69, 9.17) is 5.14 Å². The number of sulfonamides is 1. The lowest BCUT2D eigenvalue weighted by molar-refractivity contribution is -0.384. The van der Waals surface area contributed by atoms with Crippen molar-refractivity contribution in [1.29, 1.82) is 0 Å². The molecule has 2 rings (SSSR count). The average molecular weight is 310 g/mol. The van der Waals surface area contributed by atoms with Crippen LogP contribution < -0.4 is 5.14 Å². The third-order valence-corrected chi connectivity index (χ3v) is 3.81. The first-order valence-electron chi connectivity index (χ1n) is 6.07. The highest BCUT2D eigenvalue weighted by Crippen LogP contribution is 2.14. The van der Waals surface area contributed by atoms with Gasteiger partial charge in [0.25, 0.3) is 15.7 Å². The van der Waals surface area contributed by atoms with Gasteiger partial charge in [0, 0.05) is 24.9 Å². The minimum Gasteiger partial charge on any atom is -0.333 e. The van der Waals surface area contributed by atoms with Gasteiger partial charge in [-0.3, -0.25) is 10.1 Å². The maximum atomic E-state index is 11.2. The summed E-state index contributed by atoms with van der Waals surface area (Å²) in [6.45, 7) is 2.19. The fourth-order valence-corrected chi connectivity index (χ4v) is 2.41. The van der Waals surface area contributed by atoms with Gasteiger partial charge in [0.15, 0.2) is 5.03 Å². The summed E-state index contributed by atoms with van der Waals surface area (Å²) in [6.07, 6.45) is 1.98. The van der Waals surface area contributed by atoms with Gasteiger partial charge in [-0.2, -0.15) is 0 Å². The highest BCUT2D eigenvalue weighted by molar-refractivity contribution is 7.89. The monoisotopic (exact) mass is 310 g/mol. The maximum Gasteiger partial charge on any atom is 0.269 e. The molecule has 9 heteroatoms. The van der Waals surface area contributed by atoms with Crippen LogP contribution in [0.4, 0.5) is 5.69 Å². The van der Waals surface area contributed by atoms with Crippen molar-refractivity contribution in [3.8, 4) is 0 Å². The smallest absolute Gasteiger partial charge is 0.269 e. The molecule has 0 fully saturated rings. The number of hydrogen-bond acceptors (Lipinski definition) is 5. The van der Waals surface area contributed by atoms with Gasteiger partial charge in [0.1, 0.15) is 5.82 Å². The molecule has 2 aromatic rings. The van der Waals surface area contributed by atoms with Crippen LogP contribution in [0.1, 0.15) is 11.4 Å². The quantitative estimate of drug-likeness (QED) is 0.652. The van der Waals surface area contributed by atoms with Gasteiger partial charge in [0.05, 0.1) is 4.92 Å². The molecule has 0 saturated carbocycles. The van der Waals surface area contributed by atoms with Gasteiger partial charge in [-0.25, -0.2) is 18.5 Å². The van der Waals surface area contributed by atoms with Crippen LogP contribution in [0.2, 0.25) is 0 Å². The molecule has 1 aromatic heterocycles. The summed E-state index contributed by atoms with van der Waals surface area (Å²) in [5, 5.41) is 15.4. The summed E-state index contributed by atoms with van der Waals surface area (Å²) in [6, 6.07) is 6.22. The number of rotatable bonds is 5. The van der Waals surface area contributed by atoms with E-state index in [-0.39, 0.29) is 10.7 Å². The van der Waals surface area contributed by atoms with E-state index in [1.165, 1.54) is 18.3 Å². The summed E-state index contributed by atoms with van der Waals surface area (Å²) < 4.78 is 24.1. The highest BCUT2D eigenvalue weighted by Gasteiger charge is 2.14. The minimum atomic E-state index is -3.81. The SMILES string of the molecule is Cc1nc(S(N)(=O)=O)cn1CCc1ccc([N+](=O)[O-])cc1. The molecule has 0 unspecified atom stereocenters. The van der Waals surface area contributed by atoms with Crippen molar-refractivity contribution in [1.82, 2.24) is 9.55 Å². The van der Waals surface area contributed by atoms with Gasteiger partial charge in [-0.1, -0.05) is 12.1 Å². The number of benzene rings is 1. The van der Waals surface area contributed by atoms with E-state index in [0.717, 1.165) is 5.56 Å². The predicted octanol–water partition coefficient (Wildman–Crippen LogP) is 0.990. The van der Waals surface area contributed by atoms with Crippen LogP contribution in [0.3, 0.4) is 0 Å². The van der Waals surface area contributed by atoms with Crippen LogP contribution in [0.5, 0.6) is 0 Å². The Morgan fingerprint density at radius 3 is 2.43 bits per heavy atom. The molecule has 0 aliphatic heterocycles. The second kappa shape index (κ2) is 5.62. The number of nitro benzene ring substituents is 1. The number of non-ortho nitro benzene ring substituents is 1. The zero-order chi connectivity index (χ0) is 15.6. The molecule has 1 heterocycles. The van der Waals surface area contributed by atoms with E-state index in [2.05, 4.69) is 4.98 Å².